The van der Waals surface area contributed by atoms with Crippen LogP contribution in [0.4, 0.5) is 0 Å². The number of likely N-dealkylation sites (tertiary alicyclic amines) is 1. The first-order chi connectivity index (χ1) is 18.5. The van der Waals surface area contributed by atoms with Crippen LogP contribution in [0.5, 0.6) is 0 Å². The summed E-state index contributed by atoms with van der Waals surface area (Å²) in [5, 5.41) is 22.6. The third kappa shape index (κ3) is 5.05. The predicted molar refractivity (Wildman–Crippen MR) is 151 cm³/mol. The fourth-order valence-corrected chi connectivity index (χ4v) is 6.52. The van der Waals surface area contributed by atoms with Crippen LogP contribution in [-0.2, 0) is 22.6 Å². The maximum Gasteiger partial charge on any atom is 0.257 e. The van der Waals surface area contributed by atoms with Crippen LogP contribution in [0.2, 0.25) is 5.02 Å². The zero-order chi connectivity index (χ0) is 28.0. The lowest BCUT2D eigenvalue weighted by atomic mass is 9.70. The number of aromatic nitrogens is 1. The van der Waals surface area contributed by atoms with Gasteiger partial charge in [0.25, 0.3) is 5.91 Å². The molecule has 1 amide bonds. The molecule has 0 saturated carbocycles. The van der Waals surface area contributed by atoms with Gasteiger partial charge in [-0.2, -0.15) is 0 Å². The number of carbonyl (C=O) groups excluding carboxylic acids is 1. The summed E-state index contributed by atoms with van der Waals surface area (Å²) in [6.45, 7) is 5.89. The molecule has 3 aliphatic rings. The summed E-state index contributed by atoms with van der Waals surface area (Å²) in [7, 11) is 1.62. The minimum absolute atomic E-state index is 0.197. The van der Waals surface area contributed by atoms with E-state index < -0.39 is 16.7 Å². The summed E-state index contributed by atoms with van der Waals surface area (Å²) in [6, 6.07) is 9.17. The topological polar surface area (TPSA) is 86.1 Å². The molecule has 3 heterocycles. The number of nitrogens with zero attached hydrogens (tertiary/aromatic N) is 3. The van der Waals surface area contributed by atoms with E-state index in [0.717, 1.165) is 18.7 Å². The van der Waals surface area contributed by atoms with Crippen molar-refractivity contribution in [1.29, 1.82) is 0 Å². The largest absolute Gasteiger partial charge is 0.393 e. The maximum atomic E-state index is 14.2. The molecule has 1 fully saturated rings. The van der Waals surface area contributed by atoms with Crippen molar-refractivity contribution in [3.8, 4) is 0 Å². The van der Waals surface area contributed by atoms with Crippen molar-refractivity contribution < 1.29 is 19.7 Å². The number of hydrogen-bond acceptors (Lipinski definition) is 6. The minimum Gasteiger partial charge on any atom is -0.393 e. The summed E-state index contributed by atoms with van der Waals surface area (Å²) in [6.07, 6.45) is 9.03. The van der Waals surface area contributed by atoms with Crippen molar-refractivity contribution in [2.24, 2.45) is 5.41 Å². The first-order valence-electron chi connectivity index (χ1n) is 13.3. The zero-order valence-electron chi connectivity index (χ0n) is 22.5. The molecule has 1 aliphatic carbocycles. The van der Waals surface area contributed by atoms with Crippen LogP contribution in [-0.4, -0.2) is 63.8 Å². The number of aliphatic hydroxyl groups is 2. The monoisotopic (exact) mass is 571 g/mol. The molecule has 1 aromatic carbocycles. The van der Waals surface area contributed by atoms with Gasteiger partial charge in [0, 0.05) is 54.5 Å². The number of halogens is 2. The van der Waals surface area contributed by atoms with Crippen molar-refractivity contribution in [2.75, 3.05) is 26.7 Å². The zero-order valence-corrected chi connectivity index (χ0v) is 24.0. The first-order valence-corrected chi connectivity index (χ1v) is 14.0. The number of β-amino-alcohol motifs (C(OH)–C–C–N with tert-alkyl or cyclic N) is 1. The Morgan fingerprint density at radius 1 is 1.21 bits per heavy atom. The lowest BCUT2D eigenvalue weighted by molar-refractivity contribution is -0.181. The van der Waals surface area contributed by atoms with E-state index in [2.05, 4.69) is 16.8 Å². The highest BCUT2D eigenvalue weighted by Crippen LogP contribution is 2.56. The van der Waals surface area contributed by atoms with Crippen LogP contribution in [0.25, 0.3) is 0 Å². The number of pyridine rings is 1. The average Bonchev–Trinajstić information content (AvgIpc) is 3.16. The molecule has 0 radical (unpaired) electrons. The van der Waals surface area contributed by atoms with E-state index in [1.807, 2.05) is 30.4 Å². The van der Waals surface area contributed by atoms with Gasteiger partial charge in [-0.1, -0.05) is 54.4 Å². The van der Waals surface area contributed by atoms with Crippen molar-refractivity contribution >= 4 is 29.1 Å². The highest BCUT2D eigenvalue weighted by Gasteiger charge is 2.60. The molecule has 9 heteroatoms. The van der Waals surface area contributed by atoms with E-state index in [9.17, 15) is 15.0 Å². The normalized spacial score (nSPS) is 27.4. The van der Waals surface area contributed by atoms with Crippen molar-refractivity contribution in [1.82, 2.24) is 14.8 Å². The summed E-state index contributed by atoms with van der Waals surface area (Å²) in [5.74, 6) is -0.197. The van der Waals surface area contributed by atoms with Crippen molar-refractivity contribution in [3.05, 3.63) is 87.2 Å². The molecule has 0 spiro atoms. The minimum atomic E-state index is -1.19. The second-order valence-corrected chi connectivity index (χ2v) is 12.2. The summed E-state index contributed by atoms with van der Waals surface area (Å²) in [5.41, 5.74) is -0.395. The smallest absolute Gasteiger partial charge is 0.257 e. The number of benzene rings is 1. The first kappa shape index (κ1) is 28.3. The standard InChI is InChI=1S/C30H35Cl2N3O4/c1-28(12-8-21(31)9-13-28)30(39-3)26-7-4-20(29(2,38)19-34-14-10-24(36)11-15-34)16-25(26)27(37)35(30)18-23-6-5-22(32)17-33-23/h4-9,12,16-17,24,36,38H,10-11,13-15,18-19H2,1-3H3/t28?,29?,30-/m0/s1. The number of ether oxygens (including phenoxy) is 1. The van der Waals surface area contributed by atoms with Crippen LogP contribution in [0.3, 0.4) is 0 Å². The Labute approximate surface area is 239 Å². The van der Waals surface area contributed by atoms with E-state index in [1.54, 1.807) is 43.3 Å². The Balaban J connectivity index is 1.56. The second-order valence-electron chi connectivity index (χ2n) is 11.3. The Kier molecular flexibility index (Phi) is 7.70. The van der Waals surface area contributed by atoms with Gasteiger partial charge in [0.15, 0.2) is 5.72 Å². The van der Waals surface area contributed by atoms with E-state index in [4.69, 9.17) is 27.9 Å². The Morgan fingerprint density at radius 3 is 2.56 bits per heavy atom. The van der Waals surface area contributed by atoms with Gasteiger partial charge in [0.2, 0.25) is 0 Å². The van der Waals surface area contributed by atoms with Gasteiger partial charge < -0.3 is 14.9 Å². The molecular weight excluding hydrogens is 537 g/mol. The second kappa shape index (κ2) is 10.6. The van der Waals surface area contributed by atoms with Gasteiger partial charge in [-0.25, -0.2) is 0 Å². The van der Waals surface area contributed by atoms with Crippen LogP contribution in [0.1, 0.15) is 60.3 Å². The lowest BCUT2D eigenvalue weighted by Gasteiger charge is -2.49. The fraction of sp³-hybridized carbons (Fsp3) is 0.467. The van der Waals surface area contributed by atoms with E-state index >= 15 is 0 Å². The molecule has 2 N–H and O–H groups in total. The number of amides is 1. The van der Waals surface area contributed by atoms with E-state index in [1.165, 1.54) is 0 Å². The highest BCUT2D eigenvalue weighted by atomic mass is 35.5. The van der Waals surface area contributed by atoms with E-state index in [0.29, 0.717) is 52.7 Å². The number of piperidine rings is 1. The molecule has 7 nitrogen and oxygen atoms in total. The number of rotatable bonds is 7. The van der Waals surface area contributed by atoms with E-state index in [-0.39, 0.29) is 18.6 Å². The number of hydrogen-bond donors (Lipinski definition) is 2. The quantitative estimate of drug-likeness (QED) is 0.489. The third-order valence-corrected chi connectivity index (χ3v) is 8.96. The molecule has 0 bridgehead atoms. The van der Waals surface area contributed by atoms with Gasteiger partial charge >= 0.3 is 0 Å². The maximum absolute atomic E-state index is 14.2. The predicted octanol–water partition coefficient (Wildman–Crippen LogP) is 4.94. The Bertz CT molecular complexity index is 1300. The Hall–Kier alpha value is -2.26. The SMILES string of the molecule is CO[C@]1(C2(C)C=CC(Cl)=CC2)c2ccc(C(C)(O)CN3CCC(O)CC3)cc2C(=O)N1Cc1ccc(Cl)cn1. The molecule has 208 valence electrons. The number of carbonyl (C=O) groups is 1. The molecule has 2 unspecified atom stereocenters. The van der Waals surface area contributed by atoms with Crippen molar-refractivity contribution in [2.45, 2.75) is 57.1 Å². The average molecular weight is 573 g/mol. The summed E-state index contributed by atoms with van der Waals surface area (Å²) in [4.78, 5) is 22.5. The molecule has 2 aliphatic heterocycles. The van der Waals surface area contributed by atoms with Gasteiger partial charge in [0.1, 0.15) is 0 Å². The lowest BCUT2D eigenvalue weighted by Crippen LogP contribution is -2.55. The molecule has 5 rings (SSSR count). The van der Waals surface area contributed by atoms with Crippen LogP contribution >= 0.6 is 23.2 Å². The summed E-state index contributed by atoms with van der Waals surface area (Å²) >= 11 is 12.4. The molecular formula is C30H35Cl2N3O4. The Morgan fingerprint density at radius 2 is 1.95 bits per heavy atom. The molecule has 1 aromatic heterocycles. The molecule has 1 saturated heterocycles. The van der Waals surface area contributed by atoms with Gasteiger partial charge in [-0.3, -0.25) is 19.6 Å². The fourth-order valence-electron chi connectivity index (χ4n) is 6.26. The molecule has 2 aromatic rings. The van der Waals surface area contributed by atoms with Gasteiger partial charge in [-0.15, -0.1) is 0 Å². The van der Waals surface area contributed by atoms with Gasteiger partial charge in [-0.05, 0) is 56.0 Å². The number of aliphatic hydroxyl groups excluding tert-OH is 1. The van der Waals surface area contributed by atoms with Crippen molar-refractivity contribution in [3.63, 3.8) is 0 Å². The number of allylic oxidation sites excluding steroid dienone is 3. The molecule has 39 heavy (non-hydrogen) atoms. The number of methoxy groups -OCH3 is 1. The molecule has 3 atom stereocenters. The summed E-state index contributed by atoms with van der Waals surface area (Å²) < 4.78 is 6.37. The van der Waals surface area contributed by atoms with Crippen LogP contribution < -0.4 is 0 Å². The van der Waals surface area contributed by atoms with Crippen LogP contribution in [0.15, 0.2) is 59.8 Å². The number of fused-ring (bicyclic) bond motifs is 1. The van der Waals surface area contributed by atoms with Crippen LogP contribution in [0, 0.1) is 5.41 Å². The third-order valence-electron chi connectivity index (χ3n) is 8.46. The van der Waals surface area contributed by atoms with Gasteiger partial charge in [0.05, 0.1) is 29.0 Å². The highest BCUT2D eigenvalue weighted by molar-refractivity contribution is 6.31.